The summed E-state index contributed by atoms with van der Waals surface area (Å²) in [4.78, 5) is 9.57. The molecule has 0 aliphatic carbocycles. The fourth-order valence-corrected chi connectivity index (χ4v) is 6.40. The largest absolute Gasteiger partial charge is 0.436 e. The number of pyridine rings is 1. The van der Waals surface area contributed by atoms with Crippen molar-refractivity contribution in [3.05, 3.63) is 152 Å². The van der Waals surface area contributed by atoms with E-state index in [0.29, 0.717) is 5.89 Å². The van der Waals surface area contributed by atoms with Crippen molar-refractivity contribution in [2.45, 2.75) is 0 Å². The summed E-state index contributed by atoms with van der Waals surface area (Å²) >= 11 is 0. The molecular weight excluding hydrogens is 538 g/mol. The van der Waals surface area contributed by atoms with E-state index in [1.807, 2.05) is 30.3 Å². The van der Waals surface area contributed by atoms with Gasteiger partial charge >= 0.3 is 0 Å². The van der Waals surface area contributed by atoms with Crippen molar-refractivity contribution in [1.82, 2.24) is 14.5 Å². The topological polar surface area (TPSA) is 43.9 Å². The molecule has 0 saturated carbocycles. The lowest BCUT2D eigenvalue weighted by molar-refractivity contribution is 0.620. The molecule has 0 bridgehead atoms. The summed E-state index contributed by atoms with van der Waals surface area (Å²) in [6, 6.07) is 51.1. The number of nitrogens with zero attached hydrogens (tertiary/aromatic N) is 3. The number of hydrogen-bond acceptors (Lipinski definition) is 3. The lowest BCUT2D eigenvalue weighted by Crippen LogP contribution is -1.98. The molecule has 0 amide bonds. The Morgan fingerprint density at radius 1 is 0.500 bits per heavy atom. The number of rotatable bonds is 4. The van der Waals surface area contributed by atoms with E-state index in [9.17, 15) is 0 Å². The SMILES string of the molecule is c1ccc(-c2ccc(-c3ccc(-c4nc5c(ccc6cccnc65)o4)cc3-n3c4ccccc4c4ccccc43)cc2)cc1. The van der Waals surface area contributed by atoms with Gasteiger partial charge in [-0.2, -0.15) is 0 Å². The molecule has 0 aliphatic heterocycles. The first-order valence-electron chi connectivity index (χ1n) is 14.7. The van der Waals surface area contributed by atoms with Crippen molar-refractivity contribution >= 4 is 43.8 Å². The summed E-state index contributed by atoms with van der Waals surface area (Å²) in [7, 11) is 0. The Balaban J connectivity index is 1.28. The van der Waals surface area contributed by atoms with E-state index in [1.54, 1.807) is 6.20 Å². The summed E-state index contributed by atoms with van der Waals surface area (Å²) in [5.74, 6) is 0.575. The van der Waals surface area contributed by atoms with Gasteiger partial charge in [-0.1, -0.05) is 103 Å². The summed E-state index contributed by atoms with van der Waals surface area (Å²) in [5, 5.41) is 3.48. The van der Waals surface area contributed by atoms with Gasteiger partial charge in [-0.05, 0) is 59.2 Å². The van der Waals surface area contributed by atoms with Crippen LogP contribution in [0.25, 0.3) is 83.2 Å². The van der Waals surface area contributed by atoms with Crippen molar-refractivity contribution in [2.24, 2.45) is 0 Å². The van der Waals surface area contributed by atoms with Crippen LogP contribution in [-0.2, 0) is 0 Å². The molecular formula is C40H25N3O. The minimum Gasteiger partial charge on any atom is -0.436 e. The van der Waals surface area contributed by atoms with Crippen molar-refractivity contribution in [2.75, 3.05) is 0 Å². The van der Waals surface area contributed by atoms with E-state index in [1.165, 1.54) is 21.9 Å². The molecule has 0 spiro atoms. The molecule has 9 rings (SSSR count). The second kappa shape index (κ2) is 9.79. The Labute approximate surface area is 253 Å². The zero-order chi connectivity index (χ0) is 29.0. The zero-order valence-electron chi connectivity index (χ0n) is 23.7. The Morgan fingerprint density at radius 2 is 1.16 bits per heavy atom. The summed E-state index contributed by atoms with van der Waals surface area (Å²) < 4.78 is 8.73. The van der Waals surface area contributed by atoms with Crippen molar-refractivity contribution in [3.8, 4) is 39.4 Å². The molecule has 4 nitrogen and oxygen atoms in total. The van der Waals surface area contributed by atoms with Gasteiger partial charge < -0.3 is 8.98 Å². The molecule has 0 saturated heterocycles. The summed E-state index contributed by atoms with van der Waals surface area (Å²) in [6.45, 7) is 0. The molecule has 3 heterocycles. The van der Waals surface area contributed by atoms with E-state index >= 15 is 0 Å². The lowest BCUT2D eigenvalue weighted by atomic mass is 9.98. The van der Waals surface area contributed by atoms with Gasteiger partial charge in [-0.15, -0.1) is 0 Å². The minimum absolute atomic E-state index is 0.575. The standard InChI is InChI=1S/C40H25N3O/c1-2-9-26(10-3-1)27-16-18-28(19-17-27)31-22-20-30(40-42-39-37(44-40)23-21-29-11-8-24-41-38(29)39)25-36(31)43-34-14-6-4-12-32(34)33-13-5-7-15-35(33)43/h1-25H. The van der Waals surface area contributed by atoms with Crippen LogP contribution in [0.5, 0.6) is 0 Å². The van der Waals surface area contributed by atoms with E-state index in [0.717, 1.165) is 55.4 Å². The predicted octanol–water partition coefficient (Wildman–Crippen LogP) is 10.5. The molecule has 9 aromatic rings. The first-order chi connectivity index (χ1) is 21.8. The molecule has 0 fully saturated rings. The predicted molar refractivity (Wildman–Crippen MR) is 180 cm³/mol. The van der Waals surface area contributed by atoms with Crippen LogP contribution in [0.4, 0.5) is 0 Å². The number of hydrogen-bond donors (Lipinski definition) is 0. The Bertz CT molecular complexity index is 2430. The van der Waals surface area contributed by atoms with Crippen LogP contribution in [0.15, 0.2) is 156 Å². The summed E-state index contributed by atoms with van der Waals surface area (Å²) in [5.41, 5.74) is 11.3. The second-order valence-electron chi connectivity index (χ2n) is 11.1. The highest BCUT2D eigenvalue weighted by Gasteiger charge is 2.19. The van der Waals surface area contributed by atoms with Crippen LogP contribution in [0, 0.1) is 0 Å². The van der Waals surface area contributed by atoms with Crippen molar-refractivity contribution < 1.29 is 4.42 Å². The van der Waals surface area contributed by atoms with Crippen molar-refractivity contribution in [1.29, 1.82) is 0 Å². The molecule has 0 atom stereocenters. The van der Waals surface area contributed by atoms with E-state index in [-0.39, 0.29) is 0 Å². The number of aromatic nitrogens is 3. The number of para-hydroxylation sites is 2. The maximum absolute atomic E-state index is 6.36. The van der Waals surface area contributed by atoms with E-state index < -0.39 is 0 Å². The highest BCUT2D eigenvalue weighted by molar-refractivity contribution is 6.10. The van der Waals surface area contributed by atoms with Gasteiger partial charge in [0.05, 0.1) is 22.2 Å². The smallest absolute Gasteiger partial charge is 0.227 e. The third-order valence-electron chi connectivity index (χ3n) is 8.50. The molecule has 206 valence electrons. The van der Waals surface area contributed by atoms with Gasteiger partial charge in [0.15, 0.2) is 5.58 Å². The van der Waals surface area contributed by atoms with Gasteiger partial charge in [-0.25, -0.2) is 4.98 Å². The van der Waals surface area contributed by atoms with Gasteiger partial charge in [0.25, 0.3) is 0 Å². The van der Waals surface area contributed by atoms with Crippen LogP contribution in [0.1, 0.15) is 0 Å². The molecule has 6 aromatic carbocycles. The van der Waals surface area contributed by atoms with E-state index in [2.05, 4.69) is 125 Å². The summed E-state index contributed by atoms with van der Waals surface area (Å²) in [6.07, 6.45) is 1.80. The van der Waals surface area contributed by atoms with Crippen LogP contribution in [0.3, 0.4) is 0 Å². The van der Waals surface area contributed by atoms with Crippen LogP contribution in [-0.4, -0.2) is 14.5 Å². The average Bonchev–Trinajstić information content (AvgIpc) is 3.69. The Kier molecular flexibility index (Phi) is 5.47. The normalized spacial score (nSPS) is 11.6. The Hall–Kier alpha value is -6.00. The highest BCUT2D eigenvalue weighted by Crippen LogP contribution is 2.39. The maximum atomic E-state index is 6.36. The number of fused-ring (bicyclic) bond motifs is 6. The van der Waals surface area contributed by atoms with Crippen LogP contribution >= 0.6 is 0 Å². The van der Waals surface area contributed by atoms with Gasteiger partial charge in [0, 0.05) is 33.5 Å². The highest BCUT2D eigenvalue weighted by atomic mass is 16.3. The van der Waals surface area contributed by atoms with Crippen LogP contribution < -0.4 is 0 Å². The first-order valence-corrected chi connectivity index (χ1v) is 14.7. The monoisotopic (exact) mass is 563 g/mol. The molecule has 0 N–H and O–H groups in total. The molecule has 4 heteroatoms. The number of oxazole rings is 1. The maximum Gasteiger partial charge on any atom is 0.227 e. The fraction of sp³-hybridized carbons (Fsp3) is 0. The zero-order valence-corrected chi connectivity index (χ0v) is 23.7. The molecule has 0 radical (unpaired) electrons. The minimum atomic E-state index is 0.575. The van der Waals surface area contributed by atoms with Crippen molar-refractivity contribution in [3.63, 3.8) is 0 Å². The van der Waals surface area contributed by atoms with Gasteiger partial charge in [-0.3, -0.25) is 4.98 Å². The third-order valence-corrected chi connectivity index (χ3v) is 8.50. The second-order valence-corrected chi connectivity index (χ2v) is 11.1. The average molecular weight is 564 g/mol. The molecule has 44 heavy (non-hydrogen) atoms. The first kappa shape index (κ1) is 24.6. The molecule has 0 unspecified atom stereocenters. The number of benzene rings is 6. The van der Waals surface area contributed by atoms with Gasteiger partial charge in [0.2, 0.25) is 5.89 Å². The Morgan fingerprint density at radius 3 is 1.93 bits per heavy atom. The third kappa shape index (κ3) is 3.85. The molecule has 3 aromatic heterocycles. The fourth-order valence-electron chi connectivity index (χ4n) is 6.40. The molecule has 0 aliphatic rings. The van der Waals surface area contributed by atoms with Gasteiger partial charge in [0.1, 0.15) is 5.52 Å². The van der Waals surface area contributed by atoms with Crippen LogP contribution in [0.2, 0.25) is 0 Å². The van der Waals surface area contributed by atoms with E-state index in [4.69, 9.17) is 9.40 Å². The quantitative estimate of drug-likeness (QED) is 0.214. The lowest BCUT2D eigenvalue weighted by Gasteiger charge is -2.16.